The number of nitrogens with one attached hydrogen (secondary N) is 2. The average Bonchev–Trinajstić information content (AvgIpc) is 3.32. The topological polar surface area (TPSA) is 114 Å². The second-order valence-corrected chi connectivity index (χ2v) is 9.99. The second-order valence-electron chi connectivity index (χ2n) is 8.75. The quantitative estimate of drug-likeness (QED) is 0.455. The van der Waals surface area contributed by atoms with Crippen LogP contribution in [0.15, 0.2) is 47.4 Å². The smallest absolute Gasteiger partial charge is 0.306 e. The molecule has 9 heteroatoms. The fraction of sp³-hybridized carbons (Fsp3) is 0.423. The number of carbonyl (C=O) groups excluding carboxylic acids is 2. The molecule has 8 nitrogen and oxygen atoms in total. The van der Waals surface area contributed by atoms with Crippen molar-refractivity contribution in [2.45, 2.75) is 48.4 Å². The maximum atomic E-state index is 12.6. The number of carbonyl (C=O) groups is 3. The van der Waals surface area contributed by atoms with E-state index in [9.17, 15) is 14.4 Å². The summed E-state index contributed by atoms with van der Waals surface area (Å²) in [4.78, 5) is 37.1. The Kier molecular flexibility index (Phi) is 8.17. The van der Waals surface area contributed by atoms with E-state index in [4.69, 9.17) is 14.6 Å². The van der Waals surface area contributed by atoms with Gasteiger partial charge in [0, 0.05) is 29.1 Å². The molecule has 1 unspecified atom stereocenters. The molecule has 0 bridgehead atoms. The molecule has 35 heavy (non-hydrogen) atoms. The zero-order valence-corrected chi connectivity index (χ0v) is 20.4. The molecule has 186 valence electrons. The molecule has 1 aliphatic heterocycles. The van der Waals surface area contributed by atoms with Crippen LogP contribution in [-0.4, -0.2) is 54.4 Å². The van der Waals surface area contributed by atoms with Gasteiger partial charge >= 0.3 is 5.97 Å². The Hall–Kier alpha value is -3.20. The van der Waals surface area contributed by atoms with Crippen molar-refractivity contribution in [2.24, 2.45) is 5.92 Å². The molecule has 1 aliphatic carbocycles. The first-order valence-corrected chi connectivity index (χ1v) is 12.7. The molecule has 3 N–H and O–H groups in total. The van der Waals surface area contributed by atoms with Crippen LogP contribution in [0.3, 0.4) is 0 Å². The van der Waals surface area contributed by atoms with Crippen LogP contribution >= 0.6 is 11.8 Å². The van der Waals surface area contributed by atoms with E-state index in [2.05, 4.69) is 10.6 Å². The van der Waals surface area contributed by atoms with E-state index in [0.29, 0.717) is 56.5 Å². The van der Waals surface area contributed by atoms with Crippen molar-refractivity contribution in [2.75, 3.05) is 20.2 Å². The summed E-state index contributed by atoms with van der Waals surface area (Å²) < 4.78 is 11.3. The maximum Gasteiger partial charge on any atom is 0.306 e. The van der Waals surface area contributed by atoms with Gasteiger partial charge in [-0.05, 0) is 68.5 Å². The van der Waals surface area contributed by atoms with E-state index >= 15 is 0 Å². The summed E-state index contributed by atoms with van der Waals surface area (Å²) >= 11 is 1.53. The Morgan fingerprint density at radius 1 is 1.00 bits per heavy atom. The highest BCUT2D eigenvalue weighted by molar-refractivity contribution is 8.01. The molecule has 1 heterocycles. The zero-order chi connectivity index (χ0) is 24.8. The van der Waals surface area contributed by atoms with Crippen LogP contribution in [0.5, 0.6) is 11.5 Å². The van der Waals surface area contributed by atoms with Crippen LogP contribution in [0.4, 0.5) is 0 Å². The standard InChI is InChI=1S/C26H30N2O6S/c1-33-21-3-2-4-22-20(21)15-23(35-22)25(30)28-14-13-27-24(29)16-5-9-18(10-6-16)34-19-11-7-17(8-12-19)26(31)32/h2-6,9-10,17,19,23H,7-8,11-15H2,1H3,(H,27,29)(H,28,30)(H,31,32). The van der Waals surface area contributed by atoms with Crippen LogP contribution < -0.4 is 20.1 Å². The Morgan fingerprint density at radius 3 is 2.40 bits per heavy atom. The first-order chi connectivity index (χ1) is 16.9. The molecule has 2 aromatic rings. The number of fused-ring (bicyclic) bond motifs is 1. The Balaban J connectivity index is 1.16. The van der Waals surface area contributed by atoms with Gasteiger partial charge < -0.3 is 25.2 Å². The lowest BCUT2D eigenvalue weighted by atomic mass is 9.87. The third kappa shape index (κ3) is 6.28. The minimum atomic E-state index is -0.734. The third-order valence-electron chi connectivity index (χ3n) is 6.41. The van der Waals surface area contributed by atoms with Gasteiger partial charge in [0.05, 0.1) is 24.4 Å². The number of carboxylic acid groups (broad SMARTS) is 1. The summed E-state index contributed by atoms with van der Waals surface area (Å²) in [7, 11) is 1.63. The second kappa shape index (κ2) is 11.5. The lowest BCUT2D eigenvalue weighted by Crippen LogP contribution is -2.38. The number of hydrogen-bond acceptors (Lipinski definition) is 6. The first kappa shape index (κ1) is 24.9. The highest BCUT2D eigenvalue weighted by atomic mass is 32.2. The van der Waals surface area contributed by atoms with Crippen LogP contribution in [-0.2, 0) is 16.0 Å². The monoisotopic (exact) mass is 498 g/mol. The summed E-state index contributed by atoms with van der Waals surface area (Å²) in [5.41, 5.74) is 1.57. The normalized spacial score (nSPS) is 21.0. The molecule has 4 rings (SSSR count). The van der Waals surface area contributed by atoms with Crippen LogP contribution in [0.25, 0.3) is 0 Å². The van der Waals surface area contributed by atoms with Crippen LogP contribution in [0.1, 0.15) is 41.6 Å². The number of aliphatic carboxylic acids is 1. The molecular weight excluding hydrogens is 468 g/mol. The molecule has 0 spiro atoms. The number of amides is 2. The van der Waals surface area contributed by atoms with Crippen LogP contribution in [0.2, 0.25) is 0 Å². The number of ether oxygens (including phenoxy) is 2. The fourth-order valence-corrected chi connectivity index (χ4v) is 5.69. The summed E-state index contributed by atoms with van der Waals surface area (Å²) in [6.45, 7) is 0.665. The number of benzene rings is 2. The molecule has 0 saturated heterocycles. The van der Waals surface area contributed by atoms with Crippen molar-refractivity contribution < 1.29 is 29.0 Å². The molecule has 0 radical (unpaired) electrons. The highest BCUT2D eigenvalue weighted by Crippen LogP contribution is 2.41. The number of thioether (sulfide) groups is 1. The van der Waals surface area contributed by atoms with Crippen molar-refractivity contribution in [3.63, 3.8) is 0 Å². The van der Waals surface area contributed by atoms with E-state index in [1.165, 1.54) is 11.8 Å². The molecule has 1 saturated carbocycles. The molecule has 2 aliphatic rings. The van der Waals surface area contributed by atoms with Gasteiger partial charge in [0.25, 0.3) is 5.91 Å². The van der Waals surface area contributed by atoms with E-state index in [1.54, 1.807) is 31.4 Å². The summed E-state index contributed by atoms with van der Waals surface area (Å²) in [6, 6.07) is 12.7. The Bertz CT molecular complexity index is 1070. The molecule has 2 aromatic carbocycles. The van der Waals surface area contributed by atoms with Gasteiger partial charge in [-0.15, -0.1) is 11.8 Å². The highest BCUT2D eigenvalue weighted by Gasteiger charge is 2.30. The van der Waals surface area contributed by atoms with Gasteiger partial charge in [0.15, 0.2) is 0 Å². The lowest BCUT2D eigenvalue weighted by Gasteiger charge is -2.26. The number of rotatable bonds is 9. The minimum Gasteiger partial charge on any atom is -0.496 e. The first-order valence-electron chi connectivity index (χ1n) is 11.8. The summed E-state index contributed by atoms with van der Waals surface area (Å²) in [6.07, 6.45) is 3.29. The summed E-state index contributed by atoms with van der Waals surface area (Å²) in [5, 5.41) is 14.6. The minimum absolute atomic E-state index is 0.000739. The molecule has 1 fully saturated rings. The molecule has 0 aromatic heterocycles. The van der Waals surface area contributed by atoms with Gasteiger partial charge in [0.1, 0.15) is 11.5 Å². The van der Waals surface area contributed by atoms with E-state index in [0.717, 1.165) is 16.2 Å². The largest absolute Gasteiger partial charge is 0.496 e. The van der Waals surface area contributed by atoms with Crippen molar-refractivity contribution >= 4 is 29.5 Å². The van der Waals surface area contributed by atoms with Crippen molar-refractivity contribution in [1.29, 1.82) is 0 Å². The summed E-state index contributed by atoms with van der Waals surface area (Å²) in [5.74, 6) is 0.185. The van der Waals surface area contributed by atoms with Gasteiger partial charge in [-0.3, -0.25) is 14.4 Å². The number of carboxylic acids is 1. The van der Waals surface area contributed by atoms with Crippen molar-refractivity contribution in [3.05, 3.63) is 53.6 Å². The van der Waals surface area contributed by atoms with Gasteiger partial charge in [-0.2, -0.15) is 0 Å². The third-order valence-corrected chi connectivity index (χ3v) is 7.72. The molecule has 2 amide bonds. The fourth-order valence-electron chi connectivity index (χ4n) is 4.46. The average molecular weight is 499 g/mol. The lowest BCUT2D eigenvalue weighted by molar-refractivity contribution is -0.143. The number of hydrogen-bond donors (Lipinski definition) is 3. The predicted octanol–water partition coefficient (Wildman–Crippen LogP) is 3.28. The van der Waals surface area contributed by atoms with E-state index < -0.39 is 5.97 Å². The Labute approximate surface area is 208 Å². The Morgan fingerprint density at radius 2 is 1.71 bits per heavy atom. The van der Waals surface area contributed by atoms with Crippen LogP contribution in [0, 0.1) is 5.92 Å². The van der Waals surface area contributed by atoms with Crippen molar-refractivity contribution in [3.8, 4) is 11.5 Å². The van der Waals surface area contributed by atoms with Gasteiger partial charge in [-0.25, -0.2) is 0 Å². The van der Waals surface area contributed by atoms with Gasteiger partial charge in [0.2, 0.25) is 5.91 Å². The van der Waals surface area contributed by atoms with E-state index in [-0.39, 0.29) is 29.1 Å². The van der Waals surface area contributed by atoms with E-state index in [1.807, 2.05) is 18.2 Å². The predicted molar refractivity (Wildman–Crippen MR) is 132 cm³/mol. The SMILES string of the molecule is COc1cccc2c1CC(C(=O)NCCNC(=O)c1ccc(OC3CCC(C(=O)O)CC3)cc1)S2. The maximum absolute atomic E-state index is 12.6. The number of methoxy groups -OCH3 is 1. The van der Waals surface area contributed by atoms with Gasteiger partial charge in [-0.1, -0.05) is 6.07 Å². The molecule has 1 atom stereocenters. The van der Waals surface area contributed by atoms with Crippen molar-refractivity contribution in [1.82, 2.24) is 10.6 Å². The molecular formula is C26H30N2O6S. The zero-order valence-electron chi connectivity index (χ0n) is 19.6.